The average Bonchev–Trinajstić information content (AvgIpc) is 3.50. The van der Waals surface area contributed by atoms with Gasteiger partial charge in [0.1, 0.15) is 30.8 Å². The third-order valence-electron chi connectivity index (χ3n) is 6.47. The number of carboxylic acid groups (broad SMARTS) is 1. The Kier molecular flexibility index (Phi) is 7.33. The quantitative estimate of drug-likeness (QED) is 0.572. The van der Waals surface area contributed by atoms with E-state index in [1.807, 2.05) is 36.4 Å². The van der Waals surface area contributed by atoms with Gasteiger partial charge in [-0.1, -0.05) is 43.2 Å². The van der Waals surface area contributed by atoms with Gasteiger partial charge in [0.05, 0.1) is 0 Å². The average molecular weight is 441 g/mol. The van der Waals surface area contributed by atoms with Crippen LogP contribution < -0.4 is 9.47 Å². The summed E-state index contributed by atoms with van der Waals surface area (Å²) in [7, 11) is 0. The number of hydrogen-bond acceptors (Lipinski definition) is 5. The van der Waals surface area contributed by atoms with Gasteiger partial charge < -0.3 is 24.4 Å². The Balaban J connectivity index is 1.30. The number of carboxylic acids is 1. The van der Waals surface area contributed by atoms with Crippen molar-refractivity contribution in [3.8, 4) is 11.5 Å². The highest BCUT2D eigenvalue weighted by Crippen LogP contribution is 2.38. The molecule has 0 radical (unpaired) electrons. The van der Waals surface area contributed by atoms with E-state index in [9.17, 15) is 15.0 Å². The summed E-state index contributed by atoms with van der Waals surface area (Å²) in [6.45, 7) is 0.716. The predicted octanol–water partition coefficient (Wildman–Crippen LogP) is 4.34. The van der Waals surface area contributed by atoms with Gasteiger partial charge in [0.25, 0.3) is 0 Å². The van der Waals surface area contributed by atoms with Gasteiger partial charge in [-0.2, -0.15) is 0 Å². The van der Waals surface area contributed by atoms with Crippen LogP contribution in [0.25, 0.3) is 0 Å². The van der Waals surface area contributed by atoms with E-state index in [2.05, 4.69) is 6.07 Å². The Morgan fingerprint density at radius 3 is 2.59 bits per heavy atom. The molecule has 0 aromatic heterocycles. The number of para-hydroxylation sites is 1. The fourth-order valence-corrected chi connectivity index (χ4v) is 4.77. The van der Waals surface area contributed by atoms with Gasteiger partial charge in [0, 0.05) is 13.0 Å². The molecule has 0 spiro atoms. The van der Waals surface area contributed by atoms with Crippen molar-refractivity contribution in [2.24, 2.45) is 0 Å². The fraction of sp³-hybridized carbons (Fsp3) is 0.500. The van der Waals surface area contributed by atoms with Crippen molar-refractivity contribution in [2.45, 2.75) is 62.6 Å². The van der Waals surface area contributed by atoms with E-state index in [1.165, 1.54) is 31.2 Å². The van der Waals surface area contributed by atoms with E-state index < -0.39 is 17.7 Å². The summed E-state index contributed by atoms with van der Waals surface area (Å²) in [6, 6.07) is 15.4. The highest BCUT2D eigenvalue weighted by atomic mass is 16.5. The molecule has 2 fully saturated rings. The second-order valence-corrected chi connectivity index (χ2v) is 8.87. The molecule has 2 aliphatic rings. The van der Waals surface area contributed by atoms with Gasteiger partial charge in [0.15, 0.2) is 5.60 Å². The second-order valence-electron chi connectivity index (χ2n) is 8.87. The number of ether oxygens (including phenoxy) is 3. The lowest BCUT2D eigenvalue weighted by Crippen LogP contribution is -2.40. The molecule has 1 aliphatic heterocycles. The summed E-state index contributed by atoms with van der Waals surface area (Å²) in [6.07, 6.45) is 5.67. The zero-order valence-corrected chi connectivity index (χ0v) is 18.4. The molecule has 2 aromatic rings. The Labute approximate surface area is 189 Å². The van der Waals surface area contributed by atoms with E-state index in [-0.39, 0.29) is 13.2 Å². The van der Waals surface area contributed by atoms with Gasteiger partial charge in [0.2, 0.25) is 0 Å². The summed E-state index contributed by atoms with van der Waals surface area (Å²) >= 11 is 0. The molecule has 2 aromatic carbocycles. The van der Waals surface area contributed by atoms with Crippen molar-refractivity contribution in [3.05, 3.63) is 59.7 Å². The van der Waals surface area contributed by atoms with E-state index in [0.29, 0.717) is 31.1 Å². The first-order valence-corrected chi connectivity index (χ1v) is 11.5. The number of rotatable bonds is 10. The molecule has 6 heteroatoms. The van der Waals surface area contributed by atoms with Crippen LogP contribution in [0.5, 0.6) is 11.5 Å². The lowest BCUT2D eigenvalue weighted by molar-refractivity contribution is -0.159. The number of carbonyl (C=O) groups is 1. The largest absolute Gasteiger partial charge is 0.491 e. The first kappa shape index (κ1) is 22.6. The number of aliphatic hydroxyl groups excluding tert-OH is 1. The first-order chi connectivity index (χ1) is 15.6. The maximum Gasteiger partial charge on any atom is 0.336 e. The molecule has 32 heavy (non-hydrogen) atoms. The van der Waals surface area contributed by atoms with Crippen LogP contribution in [-0.2, 0) is 16.0 Å². The van der Waals surface area contributed by atoms with Crippen molar-refractivity contribution < 1.29 is 29.2 Å². The first-order valence-electron chi connectivity index (χ1n) is 11.5. The van der Waals surface area contributed by atoms with Gasteiger partial charge in [-0.3, -0.25) is 0 Å². The molecule has 4 rings (SSSR count). The molecule has 1 heterocycles. The Hall–Kier alpha value is -2.57. The van der Waals surface area contributed by atoms with Crippen molar-refractivity contribution in [2.75, 3.05) is 19.8 Å². The van der Waals surface area contributed by atoms with E-state index >= 15 is 0 Å². The number of aliphatic carboxylic acids is 1. The van der Waals surface area contributed by atoms with E-state index in [1.54, 1.807) is 6.07 Å². The molecule has 0 amide bonds. The summed E-state index contributed by atoms with van der Waals surface area (Å²) in [5.74, 6) is 1.05. The summed E-state index contributed by atoms with van der Waals surface area (Å²) in [4.78, 5) is 11.7. The summed E-state index contributed by atoms with van der Waals surface area (Å²) < 4.78 is 17.3. The topological polar surface area (TPSA) is 85.2 Å². The molecule has 6 nitrogen and oxygen atoms in total. The number of hydrogen-bond donors (Lipinski definition) is 2. The van der Waals surface area contributed by atoms with Crippen LogP contribution in [-0.4, -0.2) is 47.7 Å². The van der Waals surface area contributed by atoms with Crippen LogP contribution in [0.3, 0.4) is 0 Å². The minimum Gasteiger partial charge on any atom is -0.491 e. The molecular formula is C26H32O6. The normalized spacial score (nSPS) is 22.0. The number of aliphatic hydroxyl groups is 1. The maximum atomic E-state index is 11.7. The number of benzene rings is 2. The third-order valence-corrected chi connectivity index (χ3v) is 6.47. The lowest BCUT2D eigenvalue weighted by Gasteiger charge is -2.23. The van der Waals surface area contributed by atoms with E-state index in [4.69, 9.17) is 14.2 Å². The highest BCUT2D eigenvalue weighted by molar-refractivity contribution is 5.78. The van der Waals surface area contributed by atoms with Crippen molar-refractivity contribution >= 4 is 5.97 Å². The third kappa shape index (κ3) is 5.43. The second kappa shape index (κ2) is 10.4. The van der Waals surface area contributed by atoms with Crippen LogP contribution in [0.15, 0.2) is 48.5 Å². The molecule has 172 valence electrons. The van der Waals surface area contributed by atoms with Crippen LogP contribution >= 0.6 is 0 Å². The Morgan fingerprint density at radius 1 is 1.06 bits per heavy atom. The van der Waals surface area contributed by atoms with Crippen molar-refractivity contribution in [1.82, 2.24) is 0 Å². The minimum atomic E-state index is -1.15. The van der Waals surface area contributed by atoms with E-state index in [0.717, 1.165) is 17.7 Å². The highest BCUT2D eigenvalue weighted by Gasteiger charge is 2.42. The Bertz CT molecular complexity index is 899. The lowest BCUT2D eigenvalue weighted by atomic mass is 9.91. The van der Waals surface area contributed by atoms with Crippen molar-refractivity contribution in [3.63, 3.8) is 0 Å². The molecule has 2 atom stereocenters. The van der Waals surface area contributed by atoms with Gasteiger partial charge >= 0.3 is 5.97 Å². The molecule has 1 saturated carbocycles. The summed E-state index contributed by atoms with van der Waals surface area (Å²) in [5.41, 5.74) is 0.911. The molecule has 2 unspecified atom stereocenters. The van der Waals surface area contributed by atoms with Crippen LogP contribution in [0.1, 0.15) is 55.6 Å². The zero-order chi connectivity index (χ0) is 22.4. The molecular weight excluding hydrogens is 408 g/mol. The van der Waals surface area contributed by atoms with Crippen LogP contribution in [0, 0.1) is 0 Å². The Morgan fingerprint density at radius 2 is 1.84 bits per heavy atom. The SMILES string of the molecule is O=C(O)C1(Cc2cccc(OCC(O)COc3ccccc3C3CCCC3)c2)CCCO1. The maximum absolute atomic E-state index is 11.7. The summed E-state index contributed by atoms with van der Waals surface area (Å²) in [5, 5.41) is 20.0. The van der Waals surface area contributed by atoms with Crippen LogP contribution in [0.2, 0.25) is 0 Å². The van der Waals surface area contributed by atoms with Gasteiger partial charge in [-0.25, -0.2) is 4.79 Å². The standard InChI is InChI=1S/C26H32O6/c27-21(18-31-24-12-4-3-11-23(24)20-8-1-2-9-20)17-30-22-10-5-7-19(15-22)16-26(25(28)29)13-6-14-32-26/h3-5,7,10-12,15,20-21,27H,1-2,6,8-9,13-14,16-18H2,(H,28,29). The fourth-order valence-electron chi connectivity index (χ4n) is 4.77. The monoisotopic (exact) mass is 440 g/mol. The zero-order valence-electron chi connectivity index (χ0n) is 18.4. The van der Waals surface area contributed by atoms with Gasteiger partial charge in [-0.05, 0) is 60.9 Å². The van der Waals surface area contributed by atoms with Gasteiger partial charge in [-0.15, -0.1) is 0 Å². The van der Waals surface area contributed by atoms with Crippen molar-refractivity contribution in [1.29, 1.82) is 0 Å². The minimum absolute atomic E-state index is 0.0929. The predicted molar refractivity (Wildman–Crippen MR) is 120 cm³/mol. The van der Waals surface area contributed by atoms with Crippen LogP contribution in [0.4, 0.5) is 0 Å². The molecule has 0 bridgehead atoms. The molecule has 2 N–H and O–H groups in total. The molecule has 1 saturated heterocycles. The smallest absolute Gasteiger partial charge is 0.336 e. The molecule has 1 aliphatic carbocycles.